The summed E-state index contributed by atoms with van der Waals surface area (Å²) < 4.78 is 11.7. The Balaban J connectivity index is 1.36. The zero-order chi connectivity index (χ0) is 24.2. The van der Waals surface area contributed by atoms with E-state index in [1.54, 1.807) is 0 Å². The predicted molar refractivity (Wildman–Crippen MR) is 138 cm³/mol. The molecule has 0 heterocycles. The van der Waals surface area contributed by atoms with Gasteiger partial charge in [-0.05, 0) is 63.0 Å². The monoisotopic (exact) mass is 476 g/mol. The fourth-order valence-electron chi connectivity index (χ4n) is 5.63. The van der Waals surface area contributed by atoms with Crippen LogP contribution in [0.5, 0.6) is 11.5 Å². The van der Waals surface area contributed by atoms with Gasteiger partial charge in [0, 0.05) is 25.2 Å². The van der Waals surface area contributed by atoms with Crippen LogP contribution in [-0.2, 0) is 0 Å². The number of aliphatic hydroxyl groups is 2. The van der Waals surface area contributed by atoms with E-state index in [0.29, 0.717) is 25.2 Å². The first-order valence-corrected chi connectivity index (χ1v) is 13.8. The van der Waals surface area contributed by atoms with Crippen LogP contribution in [0.4, 0.5) is 0 Å². The molecule has 2 aliphatic rings. The van der Waals surface area contributed by atoms with Crippen LogP contribution in [0.3, 0.4) is 0 Å². The molecule has 0 aromatic heterocycles. The summed E-state index contributed by atoms with van der Waals surface area (Å²) in [5, 5.41) is 21.0. The molecule has 0 spiro atoms. The van der Waals surface area contributed by atoms with Crippen LogP contribution < -0.4 is 9.47 Å². The van der Waals surface area contributed by atoms with Crippen LogP contribution in [0.15, 0.2) is 24.3 Å². The molecule has 6 heteroatoms. The van der Waals surface area contributed by atoms with Crippen molar-refractivity contribution in [1.29, 1.82) is 0 Å². The normalized spacial score (nSPS) is 19.9. The summed E-state index contributed by atoms with van der Waals surface area (Å²) in [4.78, 5) is 4.81. The molecule has 0 unspecified atom stereocenters. The number of ether oxygens (including phenoxy) is 2. The molecular formula is C28H48N2O4. The van der Waals surface area contributed by atoms with E-state index < -0.39 is 12.2 Å². The highest BCUT2D eigenvalue weighted by Gasteiger charge is 2.23. The molecule has 0 radical (unpaired) electrons. The van der Waals surface area contributed by atoms with Gasteiger partial charge >= 0.3 is 0 Å². The fourth-order valence-corrected chi connectivity index (χ4v) is 5.63. The first-order chi connectivity index (χ1) is 16.6. The lowest BCUT2D eigenvalue weighted by atomic mass is 9.94. The summed E-state index contributed by atoms with van der Waals surface area (Å²) in [6.07, 6.45) is 11.9. The van der Waals surface area contributed by atoms with Gasteiger partial charge in [0.05, 0.1) is 0 Å². The van der Waals surface area contributed by atoms with Gasteiger partial charge in [-0.3, -0.25) is 9.80 Å². The Hall–Kier alpha value is -1.34. The summed E-state index contributed by atoms with van der Waals surface area (Å²) in [5.74, 6) is 1.45. The highest BCUT2D eigenvalue weighted by atomic mass is 16.5. The van der Waals surface area contributed by atoms with Crippen LogP contribution in [0, 0.1) is 0 Å². The zero-order valence-corrected chi connectivity index (χ0v) is 21.5. The molecule has 3 rings (SSSR count). The highest BCUT2D eigenvalue weighted by molar-refractivity contribution is 5.31. The first kappa shape index (κ1) is 27.3. The topological polar surface area (TPSA) is 65.4 Å². The van der Waals surface area contributed by atoms with Crippen molar-refractivity contribution < 1.29 is 19.7 Å². The third kappa shape index (κ3) is 9.03. The number of hydrogen-bond donors (Lipinski definition) is 2. The molecule has 0 amide bonds. The van der Waals surface area contributed by atoms with Gasteiger partial charge in [-0.2, -0.15) is 0 Å². The van der Waals surface area contributed by atoms with E-state index in [0.717, 1.165) is 24.6 Å². The SMILES string of the molecule is CCN(C[C@H](O)COc1ccc(OC[C@H](O)CN(CC)C2CCCCC2)cc1)C1CCCCC1. The maximum absolute atomic E-state index is 10.5. The maximum atomic E-state index is 10.5. The van der Waals surface area contributed by atoms with Crippen molar-refractivity contribution in [3.8, 4) is 11.5 Å². The van der Waals surface area contributed by atoms with Crippen molar-refractivity contribution in [3.63, 3.8) is 0 Å². The second-order valence-electron chi connectivity index (χ2n) is 10.2. The smallest absolute Gasteiger partial charge is 0.119 e. The van der Waals surface area contributed by atoms with E-state index in [9.17, 15) is 10.2 Å². The average Bonchev–Trinajstić information content (AvgIpc) is 2.89. The van der Waals surface area contributed by atoms with Crippen LogP contribution >= 0.6 is 0 Å². The van der Waals surface area contributed by atoms with Gasteiger partial charge in [-0.1, -0.05) is 52.4 Å². The third-order valence-corrected chi connectivity index (χ3v) is 7.59. The Kier molecular flexibility index (Phi) is 12.0. The molecule has 1 aromatic rings. The largest absolute Gasteiger partial charge is 0.491 e. The maximum Gasteiger partial charge on any atom is 0.119 e. The molecule has 2 aliphatic carbocycles. The third-order valence-electron chi connectivity index (χ3n) is 7.59. The van der Waals surface area contributed by atoms with E-state index in [1.165, 1.54) is 64.2 Å². The minimum absolute atomic E-state index is 0.288. The van der Waals surface area contributed by atoms with Crippen LogP contribution in [0.25, 0.3) is 0 Å². The van der Waals surface area contributed by atoms with Crippen LogP contribution in [0.2, 0.25) is 0 Å². The number of benzene rings is 1. The summed E-state index contributed by atoms with van der Waals surface area (Å²) in [7, 11) is 0. The molecule has 2 saturated carbocycles. The number of rotatable bonds is 14. The van der Waals surface area contributed by atoms with Gasteiger partial charge in [-0.25, -0.2) is 0 Å². The van der Waals surface area contributed by atoms with E-state index in [2.05, 4.69) is 23.6 Å². The van der Waals surface area contributed by atoms with Crippen molar-refractivity contribution >= 4 is 0 Å². The molecule has 0 aliphatic heterocycles. The minimum Gasteiger partial charge on any atom is -0.491 e. The van der Waals surface area contributed by atoms with E-state index >= 15 is 0 Å². The van der Waals surface area contributed by atoms with E-state index in [4.69, 9.17) is 9.47 Å². The molecule has 0 bridgehead atoms. The molecule has 34 heavy (non-hydrogen) atoms. The molecular weight excluding hydrogens is 428 g/mol. The van der Waals surface area contributed by atoms with Gasteiger partial charge in [0.2, 0.25) is 0 Å². The van der Waals surface area contributed by atoms with E-state index in [1.807, 2.05) is 24.3 Å². The number of aliphatic hydroxyl groups excluding tert-OH is 2. The lowest BCUT2D eigenvalue weighted by Gasteiger charge is -2.34. The molecule has 1 aromatic carbocycles. The fraction of sp³-hybridized carbons (Fsp3) is 0.786. The minimum atomic E-state index is -0.501. The molecule has 2 atom stereocenters. The molecule has 194 valence electrons. The van der Waals surface area contributed by atoms with Gasteiger partial charge < -0.3 is 19.7 Å². The Morgan fingerprint density at radius 2 is 1.03 bits per heavy atom. The summed E-state index contributed by atoms with van der Waals surface area (Å²) in [6, 6.07) is 8.68. The standard InChI is InChI=1S/C28H48N2O4/c1-3-29(23-11-7-5-8-12-23)19-25(31)21-33-27-15-17-28(18-16-27)34-22-26(32)20-30(4-2)24-13-9-6-10-14-24/h15-18,23-26,31-32H,3-14,19-22H2,1-2H3/t25-,26+. The summed E-state index contributed by atoms with van der Waals surface area (Å²) >= 11 is 0. The molecule has 2 fully saturated rings. The van der Waals surface area contributed by atoms with Gasteiger partial charge in [0.15, 0.2) is 0 Å². The number of hydrogen-bond acceptors (Lipinski definition) is 6. The Labute approximate surface area is 207 Å². The molecule has 2 N–H and O–H groups in total. The summed E-state index contributed by atoms with van der Waals surface area (Å²) in [6.45, 7) is 8.19. The molecule has 0 saturated heterocycles. The number of likely N-dealkylation sites (N-methyl/N-ethyl adjacent to an activating group) is 2. The van der Waals surface area contributed by atoms with Crippen molar-refractivity contribution in [2.45, 2.75) is 102 Å². The quantitative estimate of drug-likeness (QED) is 0.413. The van der Waals surface area contributed by atoms with E-state index in [-0.39, 0.29) is 13.2 Å². The Morgan fingerprint density at radius 3 is 1.35 bits per heavy atom. The Bertz CT molecular complexity index is 602. The zero-order valence-electron chi connectivity index (χ0n) is 21.5. The van der Waals surface area contributed by atoms with Gasteiger partial charge in [-0.15, -0.1) is 0 Å². The molecule has 6 nitrogen and oxygen atoms in total. The first-order valence-electron chi connectivity index (χ1n) is 13.8. The second kappa shape index (κ2) is 14.9. The van der Waals surface area contributed by atoms with Crippen LogP contribution in [-0.4, -0.2) is 83.7 Å². The summed E-state index contributed by atoms with van der Waals surface area (Å²) in [5.41, 5.74) is 0. The highest BCUT2D eigenvalue weighted by Crippen LogP contribution is 2.24. The predicted octanol–water partition coefficient (Wildman–Crippen LogP) is 4.48. The number of nitrogens with zero attached hydrogens (tertiary/aromatic N) is 2. The second-order valence-corrected chi connectivity index (χ2v) is 10.2. The Morgan fingerprint density at radius 1 is 0.676 bits per heavy atom. The van der Waals surface area contributed by atoms with Crippen molar-refractivity contribution in [2.75, 3.05) is 39.4 Å². The van der Waals surface area contributed by atoms with Gasteiger partial charge in [0.25, 0.3) is 0 Å². The van der Waals surface area contributed by atoms with Crippen molar-refractivity contribution in [1.82, 2.24) is 9.80 Å². The van der Waals surface area contributed by atoms with Crippen molar-refractivity contribution in [3.05, 3.63) is 24.3 Å². The van der Waals surface area contributed by atoms with Crippen molar-refractivity contribution in [2.24, 2.45) is 0 Å². The lowest BCUT2D eigenvalue weighted by molar-refractivity contribution is 0.0454. The average molecular weight is 477 g/mol. The van der Waals surface area contributed by atoms with Crippen LogP contribution in [0.1, 0.15) is 78.1 Å². The lowest BCUT2D eigenvalue weighted by Crippen LogP contribution is -2.43. The van der Waals surface area contributed by atoms with Gasteiger partial charge in [0.1, 0.15) is 36.9 Å².